The van der Waals surface area contributed by atoms with Gasteiger partial charge in [0.15, 0.2) is 0 Å². The molecule has 2 aromatic rings. The van der Waals surface area contributed by atoms with Gasteiger partial charge in [-0.05, 0) is 25.5 Å². The molecule has 0 aromatic carbocycles. The van der Waals surface area contributed by atoms with Crippen LogP contribution in [0.5, 0.6) is 0 Å². The Hall–Kier alpha value is -0.890. The zero-order valence-electron chi connectivity index (χ0n) is 11.2. The normalized spacial score (nSPS) is 13.6. The van der Waals surface area contributed by atoms with Gasteiger partial charge in [0, 0.05) is 24.3 Å². The second-order valence-electron chi connectivity index (χ2n) is 4.27. The summed E-state index contributed by atoms with van der Waals surface area (Å²) >= 11 is 6.84. The van der Waals surface area contributed by atoms with Gasteiger partial charge in [0.2, 0.25) is 0 Å². The number of hydrogen-bond donors (Lipinski definition) is 1. The summed E-state index contributed by atoms with van der Waals surface area (Å²) in [6.45, 7) is 4.66. The number of hydrogen-bond acceptors (Lipinski definition) is 4. The minimum Gasteiger partial charge on any atom is -0.273 e. The number of thiophene rings is 1. The summed E-state index contributed by atoms with van der Waals surface area (Å²) in [4.78, 5) is 0. The van der Waals surface area contributed by atoms with Gasteiger partial charge in [-0.1, -0.05) is 18.5 Å². The molecule has 1 atom stereocenters. The molecule has 0 spiro atoms. The van der Waals surface area contributed by atoms with Gasteiger partial charge < -0.3 is 0 Å². The first-order valence-corrected chi connectivity index (χ1v) is 8.94. The van der Waals surface area contributed by atoms with Crippen LogP contribution in [0.1, 0.15) is 31.9 Å². The van der Waals surface area contributed by atoms with Crippen LogP contribution in [0, 0.1) is 0 Å². The molecule has 0 aliphatic heterocycles. The van der Waals surface area contributed by atoms with E-state index in [4.69, 9.17) is 11.6 Å². The van der Waals surface area contributed by atoms with Crippen LogP contribution in [-0.4, -0.2) is 18.2 Å². The van der Waals surface area contributed by atoms with Crippen LogP contribution in [0.25, 0.3) is 0 Å². The lowest BCUT2D eigenvalue weighted by atomic mass is 10.1. The van der Waals surface area contributed by atoms with Gasteiger partial charge in [-0.3, -0.25) is 4.68 Å². The highest BCUT2D eigenvalue weighted by molar-refractivity contribution is 7.91. The predicted molar refractivity (Wildman–Crippen MR) is 80.6 cm³/mol. The van der Waals surface area contributed by atoms with Gasteiger partial charge in [-0.15, -0.1) is 11.3 Å². The fraction of sp³-hybridized carbons (Fsp3) is 0.417. The Bertz CT molecular complexity index is 678. The number of nitrogens with zero attached hydrogens (tertiary/aromatic N) is 2. The Morgan fingerprint density at radius 1 is 1.45 bits per heavy atom. The maximum Gasteiger partial charge on any atom is 0.250 e. The highest BCUT2D eigenvalue weighted by Gasteiger charge is 2.22. The average Bonchev–Trinajstić information content (AvgIpc) is 3.04. The third-order valence-electron chi connectivity index (χ3n) is 2.90. The first-order valence-electron chi connectivity index (χ1n) is 6.26. The van der Waals surface area contributed by atoms with Crippen LogP contribution < -0.4 is 4.72 Å². The van der Waals surface area contributed by atoms with Crippen molar-refractivity contribution in [2.75, 3.05) is 0 Å². The number of halogens is 1. The van der Waals surface area contributed by atoms with E-state index in [9.17, 15) is 8.42 Å². The Morgan fingerprint density at radius 2 is 2.20 bits per heavy atom. The first-order chi connectivity index (χ1) is 9.46. The van der Waals surface area contributed by atoms with Crippen molar-refractivity contribution in [3.8, 4) is 0 Å². The third kappa shape index (κ3) is 3.41. The van der Waals surface area contributed by atoms with Gasteiger partial charge in [0.1, 0.15) is 4.21 Å². The Morgan fingerprint density at radius 3 is 2.70 bits per heavy atom. The predicted octanol–water partition coefficient (Wildman–Crippen LogP) is 3.05. The van der Waals surface area contributed by atoms with Crippen molar-refractivity contribution in [3.05, 3.63) is 34.4 Å². The third-order valence-corrected chi connectivity index (χ3v) is 6.09. The van der Waals surface area contributed by atoms with Crippen molar-refractivity contribution in [1.29, 1.82) is 0 Å². The molecule has 0 aliphatic rings. The van der Waals surface area contributed by atoms with Gasteiger partial charge in [-0.2, -0.15) is 5.10 Å². The topological polar surface area (TPSA) is 64.0 Å². The summed E-state index contributed by atoms with van der Waals surface area (Å²) in [5, 5.41) is 4.17. The lowest BCUT2D eigenvalue weighted by Gasteiger charge is -2.14. The van der Waals surface area contributed by atoms with Gasteiger partial charge >= 0.3 is 0 Å². The lowest BCUT2D eigenvalue weighted by Crippen LogP contribution is -2.27. The molecule has 2 aromatic heterocycles. The van der Waals surface area contributed by atoms with Crippen LogP contribution >= 0.6 is 22.9 Å². The number of aryl methyl sites for hydroxylation is 1. The minimum atomic E-state index is -3.55. The molecule has 110 valence electrons. The highest BCUT2D eigenvalue weighted by Crippen LogP contribution is 2.27. The molecular formula is C12H16ClN3O2S2. The molecule has 0 saturated carbocycles. The van der Waals surface area contributed by atoms with E-state index in [1.165, 1.54) is 6.07 Å². The maximum atomic E-state index is 12.3. The van der Waals surface area contributed by atoms with E-state index >= 15 is 0 Å². The van der Waals surface area contributed by atoms with E-state index < -0.39 is 10.0 Å². The molecule has 5 nitrogen and oxygen atoms in total. The van der Waals surface area contributed by atoms with Crippen molar-refractivity contribution in [2.45, 2.75) is 37.1 Å². The number of nitrogens with one attached hydrogen (secondary N) is 1. The molecule has 0 bridgehead atoms. The standard InChI is InChI=1S/C12H16ClN3O2S2/c1-3-10(9-7-14-16(4-2)8-9)15-20(17,18)12-6-5-11(13)19-12/h5-8,10,15H,3-4H2,1-2H3. The van der Waals surface area contributed by atoms with Crippen LogP contribution in [0.15, 0.2) is 28.7 Å². The number of sulfonamides is 1. The molecule has 0 aliphatic carbocycles. The summed E-state index contributed by atoms with van der Waals surface area (Å²) in [6, 6.07) is 2.80. The largest absolute Gasteiger partial charge is 0.273 e. The number of aromatic nitrogens is 2. The van der Waals surface area contributed by atoms with Crippen LogP contribution in [0.2, 0.25) is 4.34 Å². The van der Waals surface area contributed by atoms with E-state index in [0.29, 0.717) is 10.8 Å². The minimum absolute atomic E-state index is 0.226. The summed E-state index contributed by atoms with van der Waals surface area (Å²) in [5.74, 6) is 0. The fourth-order valence-corrected chi connectivity index (χ4v) is 4.61. The van der Waals surface area contributed by atoms with E-state index in [2.05, 4.69) is 9.82 Å². The first kappa shape index (κ1) is 15.5. The SMILES string of the molecule is CCC(NS(=O)(=O)c1ccc(Cl)s1)c1cnn(CC)c1. The highest BCUT2D eigenvalue weighted by atomic mass is 35.5. The molecule has 1 unspecified atom stereocenters. The Labute approximate surface area is 127 Å². The maximum absolute atomic E-state index is 12.3. The molecule has 8 heteroatoms. The van der Waals surface area contributed by atoms with E-state index in [1.807, 2.05) is 20.0 Å². The molecule has 1 N–H and O–H groups in total. The Balaban J connectivity index is 2.21. The van der Waals surface area contributed by atoms with Crippen molar-refractivity contribution in [3.63, 3.8) is 0 Å². The van der Waals surface area contributed by atoms with Crippen molar-refractivity contribution in [2.24, 2.45) is 0 Å². The van der Waals surface area contributed by atoms with Gasteiger partial charge in [-0.25, -0.2) is 13.1 Å². The van der Waals surface area contributed by atoms with Crippen molar-refractivity contribution >= 4 is 33.0 Å². The summed E-state index contributed by atoms with van der Waals surface area (Å²) in [5.41, 5.74) is 0.862. The second-order valence-corrected chi connectivity index (χ2v) is 7.93. The van der Waals surface area contributed by atoms with E-state index in [0.717, 1.165) is 23.4 Å². The monoisotopic (exact) mass is 333 g/mol. The quantitative estimate of drug-likeness (QED) is 0.883. The summed E-state index contributed by atoms with van der Waals surface area (Å²) < 4.78 is 29.7. The zero-order valence-corrected chi connectivity index (χ0v) is 13.6. The smallest absolute Gasteiger partial charge is 0.250 e. The zero-order chi connectivity index (χ0) is 14.8. The lowest BCUT2D eigenvalue weighted by molar-refractivity contribution is 0.551. The van der Waals surface area contributed by atoms with Crippen LogP contribution in [-0.2, 0) is 16.6 Å². The molecular weight excluding hydrogens is 318 g/mol. The molecule has 2 rings (SSSR count). The molecule has 0 radical (unpaired) electrons. The average molecular weight is 334 g/mol. The van der Waals surface area contributed by atoms with Gasteiger partial charge in [0.05, 0.1) is 10.5 Å². The molecule has 20 heavy (non-hydrogen) atoms. The molecule has 0 fully saturated rings. The molecule has 0 saturated heterocycles. The summed E-state index contributed by atoms with van der Waals surface area (Å²) in [6.07, 6.45) is 4.20. The Kier molecular flexibility index (Phi) is 4.85. The number of rotatable bonds is 6. The van der Waals surface area contributed by atoms with Crippen molar-refractivity contribution < 1.29 is 8.42 Å². The second kappa shape index (κ2) is 6.26. The molecule has 2 heterocycles. The van der Waals surface area contributed by atoms with Crippen molar-refractivity contribution in [1.82, 2.24) is 14.5 Å². The fourth-order valence-electron chi connectivity index (χ4n) is 1.81. The molecule has 0 amide bonds. The van der Waals surface area contributed by atoms with Crippen LogP contribution in [0.4, 0.5) is 0 Å². The summed E-state index contributed by atoms with van der Waals surface area (Å²) in [7, 11) is -3.55. The van der Waals surface area contributed by atoms with Crippen LogP contribution in [0.3, 0.4) is 0 Å². The van der Waals surface area contributed by atoms with Gasteiger partial charge in [0.25, 0.3) is 10.0 Å². The van der Waals surface area contributed by atoms with E-state index in [-0.39, 0.29) is 10.3 Å². The van der Waals surface area contributed by atoms with E-state index in [1.54, 1.807) is 16.9 Å².